The van der Waals surface area contributed by atoms with Crippen LogP contribution in [0.25, 0.3) is 0 Å². The number of unbranched alkanes of at least 4 members (excludes halogenated alkanes) is 6. The molecule has 0 fully saturated rings. The number of aliphatic hydroxyl groups is 1. The second kappa shape index (κ2) is 19.0. The van der Waals surface area contributed by atoms with Crippen LogP contribution in [-0.4, -0.2) is 23.3 Å². The molecule has 2 atom stereocenters. The first-order valence-corrected chi connectivity index (χ1v) is 9.12. The standard InChI is InChI=1S/C11H20O2.C9H18O/c1-4-6-7-8-9-11(5-2)13-10(3)12;1-3-5-6-7-8-9(10)4-2/h5,11H,2,4,6-9H2,1,3H3;4,9-10H,2-3,5-8H2,1H3/t11-;9-/m10/s1. The highest BCUT2D eigenvalue weighted by Crippen LogP contribution is 2.09. The highest BCUT2D eigenvalue weighted by Gasteiger charge is 2.06. The van der Waals surface area contributed by atoms with Crippen LogP contribution in [0.1, 0.15) is 85.0 Å². The Morgan fingerprint density at radius 3 is 1.87 bits per heavy atom. The Hall–Kier alpha value is -1.09. The Bertz CT molecular complexity index is 287. The maximum atomic E-state index is 10.6. The number of carbonyl (C=O) groups is 1. The van der Waals surface area contributed by atoms with E-state index in [1.807, 2.05) is 0 Å². The van der Waals surface area contributed by atoms with Gasteiger partial charge in [0.1, 0.15) is 6.10 Å². The van der Waals surface area contributed by atoms with Gasteiger partial charge >= 0.3 is 5.97 Å². The molecule has 1 N–H and O–H groups in total. The molecular weight excluding hydrogens is 288 g/mol. The van der Waals surface area contributed by atoms with Crippen LogP contribution in [0.5, 0.6) is 0 Å². The lowest BCUT2D eigenvalue weighted by Crippen LogP contribution is -2.13. The Morgan fingerprint density at radius 1 is 0.957 bits per heavy atom. The number of hydrogen-bond donors (Lipinski definition) is 1. The van der Waals surface area contributed by atoms with E-state index < -0.39 is 0 Å². The van der Waals surface area contributed by atoms with E-state index in [1.165, 1.54) is 45.4 Å². The van der Waals surface area contributed by atoms with Crippen LogP contribution in [0.4, 0.5) is 0 Å². The van der Waals surface area contributed by atoms with Gasteiger partial charge in [0.15, 0.2) is 0 Å². The summed E-state index contributed by atoms with van der Waals surface area (Å²) in [5.41, 5.74) is 0. The van der Waals surface area contributed by atoms with Gasteiger partial charge in [-0.2, -0.15) is 0 Å². The van der Waals surface area contributed by atoms with Crippen LogP contribution in [0, 0.1) is 0 Å². The Morgan fingerprint density at radius 2 is 1.48 bits per heavy atom. The van der Waals surface area contributed by atoms with Crippen molar-refractivity contribution in [1.29, 1.82) is 0 Å². The zero-order valence-corrected chi connectivity index (χ0v) is 15.6. The largest absolute Gasteiger partial charge is 0.458 e. The molecule has 0 amide bonds. The minimum absolute atomic E-state index is 0.0886. The van der Waals surface area contributed by atoms with Crippen LogP contribution in [0.15, 0.2) is 25.3 Å². The molecule has 3 heteroatoms. The molecule has 0 saturated heterocycles. The molecule has 3 nitrogen and oxygen atoms in total. The number of ether oxygens (including phenoxy) is 1. The fraction of sp³-hybridized carbons (Fsp3) is 0.750. The fourth-order valence-corrected chi connectivity index (χ4v) is 2.11. The predicted octanol–water partition coefficient (Wildman–Crippen LogP) is 5.58. The molecule has 0 aromatic heterocycles. The van der Waals surface area contributed by atoms with E-state index in [-0.39, 0.29) is 18.2 Å². The second-order valence-corrected chi connectivity index (χ2v) is 5.89. The third-order valence-corrected chi connectivity index (χ3v) is 3.55. The summed E-state index contributed by atoms with van der Waals surface area (Å²) in [6.07, 6.45) is 14.4. The van der Waals surface area contributed by atoms with Gasteiger partial charge in [-0.05, 0) is 19.3 Å². The summed E-state index contributed by atoms with van der Waals surface area (Å²) in [6.45, 7) is 12.9. The van der Waals surface area contributed by atoms with Crippen molar-refractivity contribution in [2.75, 3.05) is 0 Å². The molecule has 0 radical (unpaired) electrons. The molecule has 0 aliphatic carbocycles. The average Bonchev–Trinajstić information content (AvgIpc) is 2.54. The maximum Gasteiger partial charge on any atom is 0.303 e. The molecule has 0 spiro atoms. The van der Waals surface area contributed by atoms with Crippen LogP contribution in [0.3, 0.4) is 0 Å². The molecule has 0 heterocycles. The van der Waals surface area contributed by atoms with Gasteiger partial charge in [-0.25, -0.2) is 0 Å². The molecule has 0 saturated carbocycles. The first-order chi connectivity index (χ1) is 11.0. The van der Waals surface area contributed by atoms with Gasteiger partial charge in [0, 0.05) is 6.92 Å². The molecule has 0 rings (SSSR count). The van der Waals surface area contributed by atoms with Gasteiger partial charge in [0.2, 0.25) is 0 Å². The Labute approximate surface area is 143 Å². The molecule has 0 aliphatic heterocycles. The van der Waals surface area contributed by atoms with Crippen LogP contribution in [0.2, 0.25) is 0 Å². The average molecular weight is 327 g/mol. The van der Waals surface area contributed by atoms with Gasteiger partial charge in [-0.15, -0.1) is 6.58 Å². The maximum absolute atomic E-state index is 10.6. The number of carbonyl (C=O) groups excluding carboxylic acids is 1. The van der Waals surface area contributed by atoms with Crippen molar-refractivity contribution in [3.8, 4) is 0 Å². The third-order valence-electron chi connectivity index (χ3n) is 3.55. The first kappa shape index (κ1) is 24.2. The molecule has 0 bridgehead atoms. The summed E-state index contributed by atoms with van der Waals surface area (Å²) >= 11 is 0. The van der Waals surface area contributed by atoms with Crippen molar-refractivity contribution in [2.24, 2.45) is 0 Å². The van der Waals surface area contributed by atoms with Crippen LogP contribution >= 0.6 is 0 Å². The number of aliphatic hydroxyl groups excluding tert-OH is 1. The molecule has 0 aromatic carbocycles. The monoisotopic (exact) mass is 326 g/mol. The SMILES string of the molecule is C=C[C@H](CCCCCC)OC(C)=O.C=C[C@H](O)CCCCCC. The van der Waals surface area contributed by atoms with Crippen molar-refractivity contribution in [1.82, 2.24) is 0 Å². The van der Waals surface area contributed by atoms with Crippen molar-refractivity contribution in [3.63, 3.8) is 0 Å². The topological polar surface area (TPSA) is 46.5 Å². The summed E-state index contributed by atoms with van der Waals surface area (Å²) in [5.74, 6) is -0.222. The summed E-state index contributed by atoms with van der Waals surface area (Å²) in [4.78, 5) is 10.6. The smallest absolute Gasteiger partial charge is 0.303 e. The van der Waals surface area contributed by atoms with Crippen molar-refractivity contribution < 1.29 is 14.6 Å². The van der Waals surface area contributed by atoms with E-state index in [0.29, 0.717) is 0 Å². The minimum atomic E-state index is -0.281. The van der Waals surface area contributed by atoms with Gasteiger partial charge in [0.05, 0.1) is 6.10 Å². The lowest BCUT2D eigenvalue weighted by molar-refractivity contribution is -0.144. The normalized spacial score (nSPS) is 12.5. The van der Waals surface area contributed by atoms with E-state index in [2.05, 4.69) is 27.0 Å². The molecule has 136 valence electrons. The number of hydrogen-bond acceptors (Lipinski definition) is 3. The lowest BCUT2D eigenvalue weighted by Gasteiger charge is -2.11. The van der Waals surface area contributed by atoms with E-state index in [9.17, 15) is 4.79 Å². The zero-order valence-electron chi connectivity index (χ0n) is 15.6. The first-order valence-electron chi connectivity index (χ1n) is 9.12. The highest BCUT2D eigenvalue weighted by molar-refractivity contribution is 5.66. The summed E-state index contributed by atoms with van der Waals surface area (Å²) in [7, 11) is 0. The van der Waals surface area contributed by atoms with Crippen LogP contribution < -0.4 is 0 Å². The quantitative estimate of drug-likeness (QED) is 0.273. The summed E-state index contributed by atoms with van der Waals surface area (Å²) < 4.78 is 5.02. The molecule has 0 aromatic rings. The highest BCUT2D eigenvalue weighted by atomic mass is 16.5. The van der Waals surface area contributed by atoms with Gasteiger partial charge < -0.3 is 9.84 Å². The number of esters is 1. The van der Waals surface area contributed by atoms with Gasteiger partial charge in [-0.3, -0.25) is 4.79 Å². The van der Waals surface area contributed by atoms with Gasteiger partial charge in [-0.1, -0.05) is 77.5 Å². The third kappa shape index (κ3) is 20.9. The summed E-state index contributed by atoms with van der Waals surface area (Å²) in [5, 5.41) is 9.04. The Balaban J connectivity index is 0. The van der Waals surface area contributed by atoms with E-state index >= 15 is 0 Å². The van der Waals surface area contributed by atoms with E-state index in [4.69, 9.17) is 9.84 Å². The minimum Gasteiger partial charge on any atom is -0.458 e. The van der Waals surface area contributed by atoms with E-state index in [1.54, 1.807) is 12.2 Å². The van der Waals surface area contributed by atoms with E-state index in [0.717, 1.165) is 25.7 Å². The Kier molecular flexibility index (Phi) is 19.9. The zero-order chi connectivity index (χ0) is 17.9. The molecule has 0 aliphatic rings. The fourth-order valence-electron chi connectivity index (χ4n) is 2.11. The van der Waals surface area contributed by atoms with Crippen molar-refractivity contribution in [3.05, 3.63) is 25.3 Å². The summed E-state index contributed by atoms with van der Waals surface area (Å²) in [6, 6.07) is 0. The molecule has 23 heavy (non-hydrogen) atoms. The van der Waals surface area contributed by atoms with Crippen molar-refractivity contribution in [2.45, 2.75) is 97.2 Å². The lowest BCUT2D eigenvalue weighted by atomic mass is 10.1. The van der Waals surface area contributed by atoms with Gasteiger partial charge in [0.25, 0.3) is 0 Å². The number of rotatable bonds is 13. The second-order valence-electron chi connectivity index (χ2n) is 5.89. The van der Waals surface area contributed by atoms with Crippen molar-refractivity contribution >= 4 is 5.97 Å². The molecular formula is C20H38O3. The van der Waals surface area contributed by atoms with Crippen LogP contribution in [-0.2, 0) is 9.53 Å². The predicted molar refractivity (Wildman–Crippen MR) is 99.5 cm³/mol. The molecule has 0 unspecified atom stereocenters.